The molecule has 0 aliphatic heterocycles. The highest BCUT2D eigenvalue weighted by Crippen LogP contribution is 2.22. The van der Waals surface area contributed by atoms with Gasteiger partial charge in [-0.3, -0.25) is 4.98 Å². The molecule has 2 rings (SSSR count). The fourth-order valence-corrected chi connectivity index (χ4v) is 1.90. The van der Waals surface area contributed by atoms with Crippen molar-refractivity contribution in [3.8, 4) is 0 Å². The van der Waals surface area contributed by atoms with Crippen molar-refractivity contribution in [2.24, 2.45) is 5.92 Å². The molecule has 4 heteroatoms. The van der Waals surface area contributed by atoms with Crippen molar-refractivity contribution in [3.63, 3.8) is 0 Å². The summed E-state index contributed by atoms with van der Waals surface area (Å²) >= 11 is 0. The third kappa shape index (κ3) is 3.83. The number of nitrogens with zero attached hydrogens (tertiary/aromatic N) is 1. The number of ether oxygens (including phenoxy) is 1. The van der Waals surface area contributed by atoms with Crippen molar-refractivity contribution >= 4 is 22.3 Å². The lowest BCUT2D eigenvalue weighted by molar-refractivity contribution is 0.118. The van der Waals surface area contributed by atoms with Crippen LogP contribution in [0.3, 0.4) is 0 Å². The molecule has 0 unspecified atom stereocenters. The lowest BCUT2D eigenvalue weighted by Gasteiger charge is -2.11. The predicted octanol–water partition coefficient (Wildman–Crippen LogP) is 2.90. The number of nitrogens with two attached hydrogens (primary N) is 1. The molecule has 0 saturated heterocycles. The van der Waals surface area contributed by atoms with E-state index in [9.17, 15) is 0 Å². The molecule has 3 N–H and O–H groups in total. The van der Waals surface area contributed by atoms with Crippen molar-refractivity contribution in [2.75, 3.05) is 30.8 Å². The Morgan fingerprint density at radius 1 is 1.32 bits per heavy atom. The first-order chi connectivity index (χ1) is 9.16. The van der Waals surface area contributed by atoms with Crippen LogP contribution in [-0.4, -0.2) is 24.7 Å². The average molecular weight is 259 g/mol. The molecule has 0 atom stereocenters. The second-order valence-electron chi connectivity index (χ2n) is 5.03. The fourth-order valence-electron chi connectivity index (χ4n) is 1.90. The maximum absolute atomic E-state index is 5.76. The van der Waals surface area contributed by atoms with Gasteiger partial charge in [0.2, 0.25) is 0 Å². The minimum Gasteiger partial charge on any atom is -0.399 e. The summed E-state index contributed by atoms with van der Waals surface area (Å²) in [6.45, 7) is 6.59. The number of anilines is 2. The zero-order chi connectivity index (χ0) is 13.7. The van der Waals surface area contributed by atoms with E-state index in [1.165, 1.54) is 0 Å². The van der Waals surface area contributed by atoms with Crippen molar-refractivity contribution in [3.05, 3.63) is 30.5 Å². The van der Waals surface area contributed by atoms with Crippen molar-refractivity contribution in [1.29, 1.82) is 0 Å². The Balaban J connectivity index is 1.97. The van der Waals surface area contributed by atoms with Crippen LogP contribution in [0.4, 0.5) is 11.4 Å². The van der Waals surface area contributed by atoms with E-state index in [0.717, 1.165) is 35.4 Å². The van der Waals surface area contributed by atoms with Crippen molar-refractivity contribution in [2.45, 2.75) is 13.8 Å². The Labute approximate surface area is 114 Å². The quantitative estimate of drug-likeness (QED) is 0.618. The summed E-state index contributed by atoms with van der Waals surface area (Å²) < 4.78 is 5.55. The number of pyridine rings is 1. The number of hydrogen-bond acceptors (Lipinski definition) is 4. The van der Waals surface area contributed by atoms with Gasteiger partial charge < -0.3 is 15.8 Å². The lowest BCUT2D eigenvalue weighted by atomic mass is 10.1. The molecule has 1 aromatic carbocycles. The van der Waals surface area contributed by atoms with Gasteiger partial charge in [-0.15, -0.1) is 0 Å². The second kappa shape index (κ2) is 6.38. The van der Waals surface area contributed by atoms with Crippen LogP contribution in [0.5, 0.6) is 0 Å². The van der Waals surface area contributed by atoms with Gasteiger partial charge in [-0.2, -0.15) is 0 Å². The zero-order valence-electron chi connectivity index (χ0n) is 11.5. The summed E-state index contributed by atoms with van der Waals surface area (Å²) in [5.74, 6) is 0.574. The van der Waals surface area contributed by atoms with Crippen LogP contribution in [-0.2, 0) is 4.74 Å². The summed E-state index contributed by atoms with van der Waals surface area (Å²) in [6.07, 6.45) is 1.79. The van der Waals surface area contributed by atoms with Crippen molar-refractivity contribution in [1.82, 2.24) is 4.98 Å². The van der Waals surface area contributed by atoms with Crippen molar-refractivity contribution < 1.29 is 4.74 Å². The molecule has 0 spiro atoms. The Hall–Kier alpha value is -1.81. The maximum atomic E-state index is 5.76. The van der Waals surface area contributed by atoms with Crippen LogP contribution in [0.15, 0.2) is 30.5 Å². The van der Waals surface area contributed by atoms with Gasteiger partial charge >= 0.3 is 0 Å². The zero-order valence-corrected chi connectivity index (χ0v) is 11.5. The van der Waals surface area contributed by atoms with Crippen LogP contribution >= 0.6 is 0 Å². The summed E-state index contributed by atoms with van der Waals surface area (Å²) in [5.41, 5.74) is 8.47. The number of nitrogens with one attached hydrogen (secondary N) is 1. The summed E-state index contributed by atoms with van der Waals surface area (Å²) in [6, 6.07) is 7.75. The first kappa shape index (κ1) is 13.6. The fraction of sp³-hybridized carbons (Fsp3) is 0.400. The molecular weight excluding hydrogens is 238 g/mol. The van der Waals surface area contributed by atoms with Gasteiger partial charge in [0.05, 0.1) is 12.1 Å². The van der Waals surface area contributed by atoms with Gasteiger partial charge in [-0.25, -0.2) is 0 Å². The molecule has 102 valence electrons. The topological polar surface area (TPSA) is 60.2 Å². The highest BCUT2D eigenvalue weighted by molar-refractivity contribution is 5.92. The van der Waals surface area contributed by atoms with Gasteiger partial charge in [0.25, 0.3) is 0 Å². The third-order valence-electron chi connectivity index (χ3n) is 2.78. The average Bonchev–Trinajstić information content (AvgIpc) is 2.37. The van der Waals surface area contributed by atoms with Crippen LogP contribution in [0.2, 0.25) is 0 Å². The maximum Gasteiger partial charge on any atom is 0.0743 e. The normalized spacial score (nSPS) is 11.1. The summed E-state index contributed by atoms with van der Waals surface area (Å²) in [7, 11) is 0. The smallest absolute Gasteiger partial charge is 0.0743 e. The number of benzene rings is 1. The number of rotatable bonds is 6. The summed E-state index contributed by atoms with van der Waals surface area (Å²) in [5, 5.41) is 4.46. The van der Waals surface area contributed by atoms with E-state index in [1.807, 2.05) is 24.3 Å². The van der Waals surface area contributed by atoms with Gasteiger partial charge in [0.15, 0.2) is 0 Å². The number of hydrogen-bond donors (Lipinski definition) is 2. The van der Waals surface area contributed by atoms with E-state index in [0.29, 0.717) is 12.5 Å². The molecular formula is C15H21N3O. The predicted molar refractivity (Wildman–Crippen MR) is 80.3 cm³/mol. The molecule has 0 aliphatic rings. The van der Waals surface area contributed by atoms with E-state index in [1.54, 1.807) is 6.20 Å². The number of aromatic nitrogens is 1. The van der Waals surface area contributed by atoms with E-state index in [4.69, 9.17) is 10.5 Å². The number of fused-ring (bicyclic) bond motifs is 1. The van der Waals surface area contributed by atoms with Gasteiger partial charge in [0.1, 0.15) is 0 Å². The molecule has 1 heterocycles. The van der Waals surface area contributed by atoms with Gasteiger partial charge in [-0.05, 0) is 30.2 Å². The molecule has 0 aliphatic carbocycles. The van der Waals surface area contributed by atoms with Gasteiger partial charge in [-0.1, -0.05) is 13.8 Å². The standard InChI is InChI=1S/C15H21N3O/c1-11(2)10-19-8-7-18-14-5-6-17-15-9-12(16)3-4-13(14)15/h3-6,9,11H,7-8,10,16H2,1-2H3,(H,17,18). The Morgan fingerprint density at radius 2 is 2.16 bits per heavy atom. The molecule has 1 aromatic heterocycles. The minimum absolute atomic E-state index is 0.574. The first-order valence-electron chi connectivity index (χ1n) is 6.62. The SMILES string of the molecule is CC(C)COCCNc1ccnc2cc(N)ccc12. The Morgan fingerprint density at radius 3 is 2.95 bits per heavy atom. The van der Waals surface area contributed by atoms with Crippen LogP contribution in [0.25, 0.3) is 10.9 Å². The van der Waals surface area contributed by atoms with Gasteiger partial charge in [0, 0.05) is 36.1 Å². The molecule has 19 heavy (non-hydrogen) atoms. The van der Waals surface area contributed by atoms with E-state index >= 15 is 0 Å². The van der Waals surface area contributed by atoms with Crippen LogP contribution < -0.4 is 11.1 Å². The lowest BCUT2D eigenvalue weighted by Crippen LogP contribution is -2.12. The molecule has 0 radical (unpaired) electrons. The molecule has 0 fully saturated rings. The molecule has 2 aromatic rings. The number of nitrogen functional groups attached to an aromatic ring is 1. The molecule has 0 amide bonds. The molecule has 0 bridgehead atoms. The Kier molecular flexibility index (Phi) is 4.58. The van der Waals surface area contributed by atoms with E-state index < -0.39 is 0 Å². The monoisotopic (exact) mass is 259 g/mol. The molecule has 0 saturated carbocycles. The summed E-state index contributed by atoms with van der Waals surface area (Å²) in [4.78, 5) is 4.32. The Bertz CT molecular complexity index is 540. The first-order valence-corrected chi connectivity index (χ1v) is 6.62. The van der Waals surface area contributed by atoms with Crippen LogP contribution in [0, 0.1) is 5.92 Å². The third-order valence-corrected chi connectivity index (χ3v) is 2.78. The largest absolute Gasteiger partial charge is 0.399 e. The highest BCUT2D eigenvalue weighted by Gasteiger charge is 2.01. The minimum atomic E-state index is 0.574. The van der Waals surface area contributed by atoms with E-state index in [-0.39, 0.29) is 0 Å². The van der Waals surface area contributed by atoms with Crippen LogP contribution in [0.1, 0.15) is 13.8 Å². The highest BCUT2D eigenvalue weighted by atomic mass is 16.5. The van der Waals surface area contributed by atoms with E-state index in [2.05, 4.69) is 24.1 Å². The second-order valence-corrected chi connectivity index (χ2v) is 5.03. The molecule has 4 nitrogen and oxygen atoms in total.